The van der Waals surface area contributed by atoms with E-state index in [0.29, 0.717) is 42.6 Å². The molecule has 1 amide bonds. The third-order valence-electron chi connectivity index (χ3n) is 5.17. The van der Waals surface area contributed by atoms with E-state index in [2.05, 4.69) is 10.4 Å². The van der Waals surface area contributed by atoms with Crippen LogP contribution in [0.3, 0.4) is 0 Å². The number of methoxy groups -OCH3 is 1. The van der Waals surface area contributed by atoms with Gasteiger partial charge in [-0.3, -0.25) is 14.3 Å². The van der Waals surface area contributed by atoms with Crippen LogP contribution in [0.1, 0.15) is 47.7 Å². The van der Waals surface area contributed by atoms with Crippen molar-refractivity contribution in [3.05, 3.63) is 40.3 Å². The van der Waals surface area contributed by atoms with E-state index in [1.54, 1.807) is 7.05 Å². The molecule has 1 fully saturated rings. The molecule has 3 N–H and O–H groups in total. The van der Waals surface area contributed by atoms with Gasteiger partial charge in [0.1, 0.15) is 17.2 Å². The number of nitrogens with two attached hydrogens (primary N) is 1. The Hall–Kier alpha value is -2.61. The molecule has 1 aliphatic rings. The van der Waals surface area contributed by atoms with Crippen molar-refractivity contribution < 1.29 is 18.7 Å². The van der Waals surface area contributed by atoms with Gasteiger partial charge in [-0.1, -0.05) is 11.6 Å². The number of hydrogen-bond donors (Lipinski definition) is 2. The smallest absolute Gasteiger partial charge is 0.308 e. The first-order chi connectivity index (χ1) is 13.3. The van der Waals surface area contributed by atoms with Gasteiger partial charge in [0.15, 0.2) is 0 Å². The van der Waals surface area contributed by atoms with Crippen LogP contribution in [0.4, 0.5) is 15.9 Å². The first-order valence-electron chi connectivity index (χ1n) is 8.98. The number of benzene rings is 1. The van der Waals surface area contributed by atoms with Crippen molar-refractivity contribution in [1.29, 1.82) is 0 Å². The molecule has 7 nitrogen and oxygen atoms in total. The van der Waals surface area contributed by atoms with Crippen LogP contribution in [0.5, 0.6) is 0 Å². The molecule has 28 heavy (non-hydrogen) atoms. The molecule has 1 aromatic heterocycles. The zero-order valence-corrected chi connectivity index (χ0v) is 16.4. The molecule has 0 spiro atoms. The Morgan fingerprint density at radius 3 is 2.61 bits per heavy atom. The largest absolute Gasteiger partial charge is 0.469 e. The van der Waals surface area contributed by atoms with Gasteiger partial charge in [0, 0.05) is 18.7 Å². The average Bonchev–Trinajstić information content (AvgIpc) is 2.99. The van der Waals surface area contributed by atoms with Crippen LogP contribution in [-0.4, -0.2) is 28.8 Å². The Morgan fingerprint density at radius 2 is 2.00 bits per heavy atom. The number of carbonyl (C=O) groups is 2. The van der Waals surface area contributed by atoms with Gasteiger partial charge in [-0.2, -0.15) is 5.10 Å². The second-order valence-corrected chi connectivity index (χ2v) is 7.33. The molecule has 0 unspecified atom stereocenters. The zero-order chi connectivity index (χ0) is 20.4. The summed E-state index contributed by atoms with van der Waals surface area (Å²) in [6, 6.07) is 3.94. The summed E-state index contributed by atoms with van der Waals surface area (Å²) in [7, 11) is 3.06. The summed E-state index contributed by atoms with van der Waals surface area (Å²) in [5.74, 6) is -1.06. The summed E-state index contributed by atoms with van der Waals surface area (Å²) in [6.45, 7) is 0. The lowest BCUT2D eigenvalue weighted by Gasteiger charge is -2.26. The molecule has 0 radical (unpaired) electrons. The van der Waals surface area contributed by atoms with Crippen LogP contribution in [0.2, 0.25) is 5.02 Å². The summed E-state index contributed by atoms with van der Waals surface area (Å²) in [5.41, 5.74) is 7.36. The van der Waals surface area contributed by atoms with Gasteiger partial charge in [0.05, 0.1) is 23.7 Å². The third-order valence-corrected chi connectivity index (χ3v) is 5.46. The van der Waals surface area contributed by atoms with E-state index >= 15 is 0 Å². The molecule has 2 aromatic rings. The first kappa shape index (κ1) is 20.1. The highest BCUT2D eigenvalue weighted by Crippen LogP contribution is 2.38. The number of amides is 1. The van der Waals surface area contributed by atoms with Crippen molar-refractivity contribution in [2.45, 2.75) is 31.6 Å². The van der Waals surface area contributed by atoms with Crippen LogP contribution in [0.15, 0.2) is 18.2 Å². The molecular formula is C19H22ClFN4O3. The normalized spacial score (nSPS) is 19.3. The molecule has 0 saturated heterocycles. The van der Waals surface area contributed by atoms with Crippen molar-refractivity contribution in [2.75, 3.05) is 18.2 Å². The SMILES string of the molecule is COC(=O)C1CCC(c2nn(C)c(N)c2C(=O)Nc2ccc(F)c(Cl)c2)CC1. The molecule has 3 rings (SSSR count). The minimum atomic E-state index is -0.566. The van der Waals surface area contributed by atoms with E-state index in [1.165, 1.54) is 30.0 Å². The number of halogens is 2. The molecule has 150 valence electrons. The highest BCUT2D eigenvalue weighted by molar-refractivity contribution is 6.31. The number of anilines is 2. The molecule has 0 aliphatic heterocycles. The lowest BCUT2D eigenvalue weighted by Crippen LogP contribution is -2.23. The van der Waals surface area contributed by atoms with Gasteiger partial charge >= 0.3 is 5.97 Å². The van der Waals surface area contributed by atoms with Crippen LogP contribution in [-0.2, 0) is 16.6 Å². The summed E-state index contributed by atoms with van der Waals surface area (Å²) in [6.07, 6.45) is 2.75. The Labute approximate surface area is 167 Å². The molecule has 0 atom stereocenters. The number of nitrogens with one attached hydrogen (secondary N) is 1. The summed E-state index contributed by atoms with van der Waals surface area (Å²) >= 11 is 5.78. The minimum absolute atomic E-state index is 0.0157. The van der Waals surface area contributed by atoms with E-state index in [1.807, 2.05) is 0 Å². The predicted molar refractivity (Wildman–Crippen MR) is 104 cm³/mol. The van der Waals surface area contributed by atoms with Crippen molar-refractivity contribution in [3.8, 4) is 0 Å². The first-order valence-corrected chi connectivity index (χ1v) is 9.36. The Morgan fingerprint density at radius 1 is 1.32 bits per heavy atom. The van der Waals surface area contributed by atoms with E-state index < -0.39 is 11.7 Å². The Balaban J connectivity index is 1.81. The second kappa shape index (κ2) is 8.18. The molecule has 9 heteroatoms. The van der Waals surface area contributed by atoms with Gasteiger partial charge in [-0.05, 0) is 43.9 Å². The molecule has 1 saturated carbocycles. The van der Waals surface area contributed by atoms with Gasteiger partial charge < -0.3 is 15.8 Å². The van der Waals surface area contributed by atoms with E-state index in [-0.39, 0.29) is 28.6 Å². The van der Waals surface area contributed by atoms with Crippen LogP contribution < -0.4 is 11.1 Å². The number of rotatable bonds is 4. The minimum Gasteiger partial charge on any atom is -0.469 e. The summed E-state index contributed by atoms with van der Waals surface area (Å²) in [4.78, 5) is 24.6. The molecule has 0 bridgehead atoms. The number of aryl methyl sites for hydroxylation is 1. The maximum atomic E-state index is 13.3. The van der Waals surface area contributed by atoms with Crippen LogP contribution in [0.25, 0.3) is 0 Å². The topological polar surface area (TPSA) is 99.2 Å². The quantitative estimate of drug-likeness (QED) is 0.754. The van der Waals surface area contributed by atoms with Crippen LogP contribution >= 0.6 is 11.6 Å². The molecule has 1 aromatic carbocycles. The molecule has 1 heterocycles. The standard InChI is InChI=1S/C19H22ClFN4O3/c1-25-17(22)15(18(26)23-12-7-8-14(21)13(20)9-12)16(24-25)10-3-5-11(6-4-10)19(27)28-2/h7-11H,3-6,22H2,1-2H3,(H,23,26). The number of carbonyl (C=O) groups excluding carboxylic acids is 2. The fourth-order valence-electron chi connectivity index (χ4n) is 3.61. The van der Waals surface area contributed by atoms with Gasteiger partial charge in [-0.15, -0.1) is 0 Å². The number of nitrogens with zero attached hydrogens (tertiary/aromatic N) is 2. The average molecular weight is 409 g/mol. The van der Waals surface area contributed by atoms with E-state index in [4.69, 9.17) is 22.1 Å². The monoisotopic (exact) mass is 408 g/mol. The predicted octanol–water partition coefficient (Wildman–Crippen LogP) is 3.49. The maximum absolute atomic E-state index is 13.3. The fraction of sp³-hybridized carbons (Fsp3) is 0.421. The lowest BCUT2D eigenvalue weighted by molar-refractivity contribution is -0.146. The van der Waals surface area contributed by atoms with Gasteiger partial charge in [0.25, 0.3) is 5.91 Å². The van der Waals surface area contributed by atoms with Gasteiger partial charge in [0.2, 0.25) is 0 Å². The molecule has 1 aliphatic carbocycles. The van der Waals surface area contributed by atoms with Crippen molar-refractivity contribution in [2.24, 2.45) is 13.0 Å². The fourth-order valence-corrected chi connectivity index (χ4v) is 3.79. The molecular weight excluding hydrogens is 387 g/mol. The van der Waals surface area contributed by atoms with E-state index in [9.17, 15) is 14.0 Å². The highest BCUT2D eigenvalue weighted by Gasteiger charge is 2.33. The second-order valence-electron chi connectivity index (χ2n) is 6.92. The maximum Gasteiger partial charge on any atom is 0.308 e. The third kappa shape index (κ3) is 3.96. The Bertz CT molecular complexity index is 907. The van der Waals surface area contributed by atoms with E-state index in [0.717, 1.165) is 0 Å². The lowest BCUT2D eigenvalue weighted by atomic mass is 9.79. The number of hydrogen-bond acceptors (Lipinski definition) is 5. The number of ether oxygens (including phenoxy) is 1. The van der Waals surface area contributed by atoms with Crippen molar-refractivity contribution >= 4 is 35.0 Å². The van der Waals surface area contributed by atoms with Gasteiger partial charge in [-0.25, -0.2) is 4.39 Å². The number of esters is 1. The number of aromatic nitrogens is 2. The summed E-state index contributed by atoms with van der Waals surface area (Å²) in [5, 5.41) is 7.06. The number of nitrogen functional groups attached to an aromatic ring is 1. The van der Waals surface area contributed by atoms with Crippen LogP contribution in [0, 0.1) is 11.7 Å². The van der Waals surface area contributed by atoms with Crippen molar-refractivity contribution in [1.82, 2.24) is 9.78 Å². The summed E-state index contributed by atoms with van der Waals surface area (Å²) < 4.78 is 19.6. The highest BCUT2D eigenvalue weighted by atomic mass is 35.5. The Kier molecular flexibility index (Phi) is 5.88. The zero-order valence-electron chi connectivity index (χ0n) is 15.7. The van der Waals surface area contributed by atoms with Crippen molar-refractivity contribution in [3.63, 3.8) is 0 Å².